The number of hydrogen-bond donors (Lipinski definition) is 2. The molecule has 3 heteroatoms. The van der Waals surface area contributed by atoms with Crippen molar-refractivity contribution >= 4 is 0 Å². The highest BCUT2D eigenvalue weighted by molar-refractivity contribution is 5.03. The van der Waals surface area contributed by atoms with Crippen LogP contribution < -0.4 is 10.6 Å². The van der Waals surface area contributed by atoms with Crippen molar-refractivity contribution in [3.63, 3.8) is 0 Å². The Morgan fingerprint density at radius 3 is 2.50 bits per heavy atom. The molecular weight excluding hydrogens is 126 g/mol. The average Bonchev–Trinajstić information content (AvgIpc) is 1.80. The Bertz CT molecular complexity index is 153. The Labute approximate surface area is 61.4 Å². The van der Waals surface area contributed by atoms with Gasteiger partial charge in [-0.05, 0) is 13.8 Å². The van der Waals surface area contributed by atoms with Gasteiger partial charge in [0.15, 0.2) is 0 Å². The van der Waals surface area contributed by atoms with Crippen molar-refractivity contribution in [2.24, 2.45) is 0 Å². The van der Waals surface area contributed by atoms with Crippen molar-refractivity contribution in [1.29, 1.82) is 5.26 Å². The van der Waals surface area contributed by atoms with E-state index in [2.05, 4.69) is 16.7 Å². The van der Waals surface area contributed by atoms with Crippen LogP contribution in [0, 0.1) is 11.3 Å². The fourth-order valence-electron chi connectivity index (χ4n) is 0.933. The summed E-state index contributed by atoms with van der Waals surface area (Å²) in [6, 6.07) is 2.70. The molecule has 0 amide bonds. The standard InChI is InChI=1S/C7H13N3/c1-7(2,5-8)10-6-3-9-4-6/h6,9-10H,3-4H2,1-2H3. The Morgan fingerprint density at radius 1 is 1.60 bits per heavy atom. The second-order valence-electron chi connectivity index (χ2n) is 3.24. The van der Waals surface area contributed by atoms with Crippen LogP contribution in [-0.2, 0) is 0 Å². The zero-order valence-corrected chi connectivity index (χ0v) is 6.44. The van der Waals surface area contributed by atoms with Crippen molar-refractivity contribution in [2.75, 3.05) is 13.1 Å². The summed E-state index contributed by atoms with van der Waals surface area (Å²) in [5.41, 5.74) is -0.368. The van der Waals surface area contributed by atoms with E-state index >= 15 is 0 Å². The minimum absolute atomic E-state index is 0.368. The lowest BCUT2D eigenvalue weighted by molar-refractivity contribution is 0.310. The predicted octanol–water partition coefficient (Wildman–Crippen LogP) is -0.150. The third-order valence-corrected chi connectivity index (χ3v) is 1.63. The lowest BCUT2D eigenvalue weighted by atomic mass is 10.0. The van der Waals surface area contributed by atoms with Crippen LogP contribution in [0.25, 0.3) is 0 Å². The molecule has 0 atom stereocenters. The Kier molecular flexibility index (Phi) is 1.93. The summed E-state index contributed by atoms with van der Waals surface area (Å²) in [5, 5.41) is 15.0. The molecule has 1 heterocycles. The second kappa shape index (κ2) is 2.57. The van der Waals surface area contributed by atoms with Crippen LogP contribution in [0.4, 0.5) is 0 Å². The van der Waals surface area contributed by atoms with Crippen LogP contribution in [0.1, 0.15) is 13.8 Å². The highest BCUT2D eigenvalue weighted by atomic mass is 15.1. The van der Waals surface area contributed by atoms with Gasteiger partial charge in [-0.25, -0.2) is 0 Å². The summed E-state index contributed by atoms with van der Waals surface area (Å²) < 4.78 is 0. The first kappa shape index (κ1) is 7.52. The summed E-state index contributed by atoms with van der Waals surface area (Å²) >= 11 is 0. The van der Waals surface area contributed by atoms with Gasteiger partial charge in [-0.2, -0.15) is 5.26 Å². The maximum Gasteiger partial charge on any atom is 0.101 e. The number of nitriles is 1. The molecule has 0 spiro atoms. The van der Waals surface area contributed by atoms with Crippen molar-refractivity contribution < 1.29 is 0 Å². The molecule has 10 heavy (non-hydrogen) atoms. The van der Waals surface area contributed by atoms with E-state index in [1.54, 1.807) is 0 Å². The van der Waals surface area contributed by atoms with E-state index in [0.717, 1.165) is 13.1 Å². The lowest BCUT2D eigenvalue weighted by Gasteiger charge is -2.33. The van der Waals surface area contributed by atoms with Gasteiger partial charge in [-0.1, -0.05) is 0 Å². The summed E-state index contributed by atoms with van der Waals surface area (Å²) in [7, 11) is 0. The quantitative estimate of drug-likeness (QED) is 0.559. The maximum atomic E-state index is 8.63. The second-order valence-corrected chi connectivity index (χ2v) is 3.24. The predicted molar refractivity (Wildman–Crippen MR) is 39.5 cm³/mol. The van der Waals surface area contributed by atoms with Crippen LogP contribution in [0.15, 0.2) is 0 Å². The highest BCUT2D eigenvalue weighted by Gasteiger charge is 2.24. The van der Waals surface area contributed by atoms with E-state index in [9.17, 15) is 0 Å². The fraction of sp³-hybridized carbons (Fsp3) is 0.857. The summed E-state index contributed by atoms with van der Waals surface area (Å²) in [6.07, 6.45) is 0. The molecule has 1 aliphatic rings. The molecule has 1 rings (SSSR count). The smallest absolute Gasteiger partial charge is 0.101 e. The summed E-state index contributed by atoms with van der Waals surface area (Å²) in [4.78, 5) is 0. The van der Waals surface area contributed by atoms with Crippen molar-refractivity contribution in [1.82, 2.24) is 10.6 Å². The van der Waals surface area contributed by atoms with Gasteiger partial charge in [-0.15, -0.1) is 0 Å². The van der Waals surface area contributed by atoms with E-state index in [1.807, 2.05) is 13.8 Å². The molecular formula is C7H13N3. The van der Waals surface area contributed by atoms with Gasteiger partial charge in [0.1, 0.15) is 5.54 Å². The molecule has 56 valence electrons. The van der Waals surface area contributed by atoms with Crippen molar-refractivity contribution in [3.05, 3.63) is 0 Å². The highest BCUT2D eigenvalue weighted by Crippen LogP contribution is 2.03. The molecule has 3 nitrogen and oxygen atoms in total. The first-order chi connectivity index (χ1) is 4.64. The van der Waals surface area contributed by atoms with Gasteiger partial charge >= 0.3 is 0 Å². The van der Waals surface area contributed by atoms with Gasteiger partial charge in [-0.3, -0.25) is 5.32 Å². The SMILES string of the molecule is CC(C)(C#N)NC1CNC1. The zero-order valence-electron chi connectivity index (χ0n) is 6.44. The molecule has 0 radical (unpaired) electrons. The van der Waals surface area contributed by atoms with E-state index in [0.29, 0.717) is 6.04 Å². The average molecular weight is 139 g/mol. The monoisotopic (exact) mass is 139 g/mol. The van der Waals surface area contributed by atoms with Gasteiger partial charge in [0.05, 0.1) is 6.07 Å². The van der Waals surface area contributed by atoms with Crippen LogP contribution in [-0.4, -0.2) is 24.7 Å². The maximum absolute atomic E-state index is 8.63. The minimum Gasteiger partial charge on any atom is -0.314 e. The van der Waals surface area contributed by atoms with E-state index < -0.39 is 0 Å². The van der Waals surface area contributed by atoms with E-state index in [4.69, 9.17) is 5.26 Å². The number of nitrogens with one attached hydrogen (secondary N) is 2. The molecule has 0 aliphatic carbocycles. The Morgan fingerprint density at radius 2 is 2.20 bits per heavy atom. The van der Waals surface area contributed by atoms with Gasteiger partial charge < -0.3 is 5.32 Å². The number of hydrogen-bond acceptors (Lipinski definition) is 3. The van der Waals surface area contributed by atoms with Crippen LogP contribution in [0.3, 0.4) is 0 Å². The van der Waals surface area contributed by atoms with Gasteiger partial charge in [0.2, 0.25) is 0 Å². The zero-order chi connectivity index (χ0) is 7.61. The fourth-order valence-corrected chi connectivity index (χ4v) is 0.933. The summed E-state index contributed by atoms with van der Waals surface area (Å²) in [6.45, 7) is 5.77. The number of nitrogens with zero attached hydrogens (tertiary/aromatic N) is 1. The lowest BCUT2D eigenvalue weighted by Crippen LogP contribution is -2.60. The van der Waals surface area contributed by atoms with Crippen LogP contribution >= 0.6 is 0 Å². The molecule has 2 N–H and O–H groups in total. The first-order valence-electron chi connectivity index (χ1n) is 3.54. The topological polar surface area (TPSA) is 47.9 Å². The van der Waals surface area contributed by atoms with E-state index in [1.165, 1.54) is 0 Å². The van der Waals surface area contributed by atoms with Gasteiger partial charge in [0.25, 0.3) is 0 Å². The molecule has 0 bridgehead atoms. The molecule has 0 aromatic rings. The minimum atomic E-state index is -0.368. The Balaban J connectivity index is 2.30. The van der Waals surface area contributed by atoms with E-state index in [-0.39, 0.29) is 5.54 Å². The summed E-state index contributed by atoms with van der Waals surface area (Å²) in [5.74, 6) is 0. The number of rotatable bonds is 2. The largest absolute Gasteiger partial charge is 0.314 e. The molecule has 0 aromatic heterocycles. The molecule has 1 fully saturated rings. The molecule has 0 aromatic carbocycles. The van der Waals surface area contributed by atoms with Crippen LogP contribution in [0.5, 0.6) is 0 Å². The Hall–Kier alpha value is -0.590. The first-order valence-corrected chi connectivity index (χ1v) is 3.54. The third-order valence-electron chi connectivity index (χ3n) is 1.63. The van der Waals surface area contributed by atoms with Crippen LogP contribution in [0.2, 0.25) is 0 Å². The van der Waals surface area contributed by atoms with Crippen molar-refractivity contribution in [2.45, 2.75) is 25.4 Å². The molecule has 0 unspecified atom stereocenters. The third kappa shape index (κ3) is 1.69. The molecule has 0 saturated carbocycles. The van der Waals surface area contributed by atoms with Gasteiger partial charge in [0, 0.05) is 19.1 Å². The molecule has 1 aliphatic heterocycles. The molecule has 1 saturated heterocycles. The normalized spacial score (nSPS) is 19.7. The van der Waals surface area contributed by atoms with Crippen molar-refractivity contribution in [3.8, 4) is 6.07 Å².